The molecule has 0 unspecified atom stereocenters. The van der Waals surface area contributed by atoms with E-state index in [1.165, 1.54) is 19.3 Å². The summed E-state index contributed by atoms with van der Waals surface area (Å²) in [6.07, 6.45) is 5.96. The first-order valence-electron chi connectivity index (χ1n) is 7.78. The first-order valence-corrected chi connectivity index (χ1v) is 7.78. The number of aromatic nitrogens is 2. The number of carbonyl (C=O) groups excluding carboxylic acids is 1. The molecule has 1 saturated carbocycles. The third kappa shape index (κ3) is 4.28. The van der Waals surface area contributed by atoms with Crippen molar-refractivity contribution >= 4 is 11.6 Å². The van der Waals surface area contributed by atoms with Crippen molar-refractivity contribution in [3.05, 3.63) is 11.4 Å². The lowest BCUT2D eigenvalue weighted by molar-refractivity contribution is -0.118. The summed E-state index contributed by atoms with van der Waals surface area (Å²) >= 11 is 0. The maximum Gasteiger partial charge on any atom is 0.238 e. The summed E-state index contributed by atoms with van der Waals surface area (Å²) in [7, 11) is 0. The van der Waals surface area contributed by atoms with Crippen molar-refractivity contribution in [3.8, 4) is 0 Å². The van der Waals surface area contributed by atoms with Crippen LogP contribution >= 0.6 is 0 Å². The van der Waals surface area contributed by atoms with E-state index >= 15 is 0 Å². The van der Waals surface area contributed by atoms with E-state index in [1.54, 1.807) is 0 Å². The van der Waals surface area contributed by atoms with Gasteiger partial charge in [0, 0.05) is 12.6 Å². The van der Waals surface area contributed by atoms with Crippen molar-refractivity contribution in [2.75, 3.05) is 25.0 Å². The van der Waals surface area contributed by atoms with Crippen LogP contribution in [0.4, 0.5) is 5.69 Å². The number of amides is 1. The van der Waals surface area contributed by atoms with E-state index in [1.807, 2.05) is 13.8 Å². The standard InChI is InChI=1S/C15H26N4O2/c1-11-15(12(2)18-17-11)16-14(21)10-19(8-9-20)13-6-4-3-5-7-13/h13,20H,3-10H2,1-2H3,(H,16,21)(H,17,18). The highest BCUT2D eigenvalue weighted by Gasteiger charge is 2.23. The highest BCUT2D eigenvalue weighted by molar-refractivity contribution is 5.93. The summed E-state index contributed by atoms with van der Waals surface area (Å²) < 4.78 is 0. The van der Waals surface area contributed by atoms with Gasteiger partial charge in [-0.2, -0.15) is 5.10 Å². The summed E-state index contributed by atoms with van der Waals surface area (Å²) in [6, 6.07) is 0.420. The molecule has 6 heteroatoms. The molecule has 3 N–H and O–H groups in total. The second-order valence-electron chi connectivity index (χ2n) is 5.84. The van der Waals surface area contributed by atoms with Gasteiger partial charge in [-0.1, -0.05) is 19.3 Å². The maximum absolute atomic E-state index is 12.3. The number of carbonyl (C=O) groups is 1. The molecule has 1 aromatic heterocycles. The second kappa shape index (κ2) is 7.56. The van der Waals surface area contributed by atoms with E-state index in [0.29, 0.717) is 19.1 Å². The SMILES string of the molecule is Cc1n[nH]c(C)c1NC(=O)CN(CCO)C1CCCCC1. The Balaban J connectivity index is 1.94. The van der Waals surface area contributed by atoms with Gasteiger partial charge in [-0.05, 0) is 26.7 Å². The zero-order valence-electron chi connectivity index (χ0n) is 13.0. The van der Waals surface area contributed by atoms with Gasteiger partial charge in [-0.3, -0.25) is 14.8 Å². The highest BCUT2D eigenvalue weighted by atomic mass is 16.3. The van der Waals surface area contributed by atoms with Gasteiger partial charge in [-0.25, -0.2) is 0 Å². The van der Waals surface area contributed by atoms with Crippen LogP contribution in [-0.2, 0) is 4.79 Å². The van der Waals surface area contributed by atoms with Crippen molar-refractivity contribution in [1.29, 1.82) is 0 Å². The Hall–Kier alpha value is -1.40. The molecule has 0 aliphatic heterocycles. The van der Waals surface area contributed by atoms with Gasteiger partial charge >= 0.3 is 0 Å². The van der Waals surface area contributed by atoms with E-state index in [9.17, 15) is 9.90 Å². The Morgan fingerprint density at radius 1 is 1.38 bits per heavy atom. The van der Waals surface area contributed by atoms with Crippen LogP contribution in [0.15, 0.2) is 0 Å². The van der Waals surface area contributed by atoms with Gasteiger partial charge < -0.3 is 10.4 Å². The van der Waals surface area contributed by atoms with Crippen LogP contribution in [0, 0.1) is 13.8 Å². The van der Waals surface area contributed by atoms with Gasteiger partial charge in [0.15, 0.2) is 0 Å². The minimum absolute atomic E-state index is 0.0402. The molecule has 0 bridgehead atoms. The quantitative estimate of drug-likeness (QED) is 0.744. The van der Waals surface area contributed by atoms with Crippen LogP contribution in [0.5, 0.6) is 0 Å². The number of anilines is 1. The number of rotatable bonds is 6. The smallest absolute Gasteiger partial charge is 0.238 e. The fourth-order valence-electron chi connectivity index (χ4n) is 3.06. The molecule has 1 heterocycles. The lowest BCUT2D eigenvalue weighted by atomic mass is 9.94. The zero-order chi connectivity index (χ0) is 15.2. The first-order chi connectivity index (χ1) is 10.1. The number of aliphatic hydroxyl groups excluding tert-OH is 1. The van der Waals surface area contributed by atoms with E-state index in [0.717, 1.165) is 29.9 Å². The number of aryl methyl sites for hydroxylation is 2. The van der Waals surface area contributed by atoms with Crippen molar-refractivity contribution in [2.24, 2.45) is 0 Å². The topological polar surface area (TPSA) is 81.2 Å². The number of H-pyrrole nitrogens is 1. The molecule has 0 spiro atoms. The van der Waals surface area contributed by atoms with E-state index in [2.05, 4.69) is 20.4 Å². The molecule has 0 radical (unpaired) electrons. The molecular weight excluding hydrogens is 268 g/mol. The Morgan fingerprint density at radius 2 is 2.10 bits per heavy atom. The molecule has 1 aromatic rings. The molecule has 1 fully saturated rings. The van der Waals surface area contributed by atoms with Crippen LogP contribution < -0.4 is 5.32 Å². The van der Waals surface area contributed by atoms with Crippen molar-refractivity contribution in [3.63, 3.8) is 0 Å². The number of aliphatic hydroxyl groups is 1. The van der Waals surface area contributed by atoms with E-state index < -0.39 is 0 Å². The Bertz CT molecular complexity index is 447. The van der Waals surface area contributed by atoms with Gasteiger partial charge in [-0.15, -0.1) is 0 Å². The second-order valence-corrected chi connectivity index (χ2v) is 5.84. The fraction of sp³-hybridized carbons (Fsp3) is 0.733. The highest BCUT2D eigenvalue weighted by Crippen LogP contribution is 2.22. The molecule has 1 aliphatic rings. The van der Waals surface area contributed by atoms with Crippen LogP contribution in [0.2, 0.25) is 0 Å². The van der Waals surface area contributed by atoms with Crippen LogP contribution in [0.1, 0.15) is 43.5 Å². The van der Waals surface area contributed by atoms with Crippen molar-refractivity contribution < 1.29 is 9.90 Å². The van der Waals surface area contributed by atoms with E-state index in [-0.39, 0.29) is 12.5 Å². The third-order valence-electron chi connectivity index (χ3n) is 4.22. The maximum atomic E-state index is 12.3. The number of nitrogens with one attached hydrogen (secondary N) is 2. The lowest BCUT2D eigenvalue weighted by Crippen LogP contribution is -2.43. The molecule has 0 saturated heterocycles. The van der Waals surface area contributed by atoms with Gasteiger partial charge in [0.1, 0.15) is 0 Å². The number of nitrogens with zero attached hydrogens (tertiary/aromatic N) is 2. The van der Waals surface area contributed by atoms with Crippen LogP contribution in [-0.4, -0.2) is 51.8 Å². The number of hydrogen-bond acceptors (Lipinski definition) is 4. The molecule has 0 atom stereocenters. The average molecular weight is 294 g/mol. The Labute approximate surface area is 125 Å². The first kappa shape index (κ1) is 16.0. The zero-order valence-corrected chi connectivity index (χ0v) is 13.0. The number of aromatic amines is 1. The summed E-state index contributed by atoms with van der Waals surface area (Å²) in [6.45, 7) is 4.73. The van der Waals surface area contributed by atoms with Crippen LogP contribution in [0.25, 0.3) is 0 Å². The summed E-state index contributed by atoms with van der Waals surface area (Å²) in [5, 5.41) is 19.1. The average Bonchev–Trinajstić information content (AvgIpc) is 2.79. The van der Waals surface area contributed by atoms with Crippen LogP contribution in [0.3, 0.4) is 0 Å². The molecule has 6 nitrogen and oxygen atoms in total. The van der Waals surface area contributed by atoms with Gasteiger partial charge in [0.25, 0.3) is 0 Å². The molecule has 21 heavy (non-hydrogen) atoms. The molecule has 1 aliphatic carbocycles. The Kier molecular flexibility index (Phi) is 5.76. The lowest BCUT2D eigenvalue weighted by Gasteiger charge is -2.33. The van der Waals surface area contributed by atoms with Crippen molar-refractivity contribution in [1.82, 2.24) is 15.1 Å². The monoisotopic (exact) mass is 294 g/mol. The fourth-order valence-corrected chi connectivity index (χ4v) is 3.06. The van der Waals surface area contributed by atoms with Gasteiger partial charge in [0.2, 0.25) is 5.91 Å². The summed E-state index contributed by atoms with van der Waals surface area (Å²) in [4.78, 5) is 14.4. The molecule has 1 amide bonds. The minimum Gasteiger partial charge on any atom is -0.395 e. The molecule has 118 valence electrons. The van der Waals surface area contributed by atoms with Gasteiger partial charge in [0.05, 0.1) is 30.2 Å². The normalized spacial score (nSPS) is 16.4. The molecular formula is C15H26N4O2. The third-order valence-corrected chi connectivity index (χ3v) is 4.22. The minimum atomic E-state index is -0.0402. The van der Waals surface area contributed by atoms with Crippen molar-refractivity contribution in [2.45, 2.75) is 52.0 Å². The summed E-state index contributed by atoms with van der Waals surface area (Å²) in [5.74, 6) is -0.0402. The molecule has 0 aromatic carbocycles. The predicted molar refractivity (Wildman–Crippen MR) is 82.2 cm³/mol. The van der Waals surface area contributed by atoms with E-state index in [4.69, 9.17) is 0 Å². The largest absolute Gasteiger partial charge is 0.395 e. The predicted octanol–water partition coefficient (Wildman–Crippen LogP) is 1.59. The number of hydrogen-bond donors (Lipinski definition) is 3. The Morgan fingerprint density at radius 3 is 2.67 bits per heavy atom. The molecule has 2 rings (SSSR count). The summed E-state index contributed by atoms with van der Waals surface area (Å²) in [5.41, 5.74) is 2.44.